The Bertz CT molecular complexity index is 1500. The molecule has 0 aromatic carbocycles. The van der Waals surface area contributed by atoms with Gasteiger partial charge in [0.1, 0.15) is 13.2 Å². The molecule has 0 aliphatic carbocycles. The molecule has 0 aromatic heterocycles. The molecule has 1 atom stereocenters. The van der Waals surface area contributed by atoms with E-state index in [1.165, 1.54) is 199 Å². The van der Waals surface area contributed by atoms with Gasteiger partial charge in [0.2, 0.25) is 0 Å². The minimum atomic E-state index is -0.773. The van der Waals surface area contributed by atoms with Crippen LogP contribution in [0, 0.1) is 0 Å². The van der Waals surface area contributed by atoms with E-state index in [-0.39, 0.29) is 31.1 Å². The molecule has 0 spiro atoms. The molecule has 1 unspecified atom stereocenters. The van der Waals surface area contributed by atoms with Crippen molar-refractivity contribution in [1.82, 2.24) is 0 Å². The highest BCUT2D eigenvalue weighted by Gasteiger charge is 2.19. The third kappa shape index (κ3) is 65.3. The SMILES string of the molecule is CC/C=C\C/C=C\C/C=C\C/C=C\C/C=C\C/C=C\C/C=C\CCCCCCCCCCCCCC(=O)OCC(COC(=O)CCCCCCCCCCCCCC)OC(=O)CCCCCCCCCCCCCCCCCC. The van der Waals surface area contributed by atoms with Gasteiger partial charge in [0.05, 0.1) is 0 Å². The third-order valence-electron chi connectivity index (χ3n) is 14.9. The number of carbonyl (C=O) groups is 3. The second-order valence-corrected chi connectivity index (χ2v) is 22.7. The van der Waals surface area contributed by atoms with Crippen molar-refractivity contribution in [3.63, 3.8) is 0 Å². The predicted molar refractivity (Wildman–Crippen MR) is 344 cm³/mol. The molecule has 0 fully saturated rings. The number of allylic oxidation sites excluding steroid dienone is 14. The van der Waals surface area contributed by atoms with Gasteiger partial charge < -0.3 is 14.2 Å². The Morgan fingerprint density at radius 1 is 0.266 bits per heavy atom. The lowest BCUT2D eigenvalue weighted by atomic mass is 10.0. The molecule has 79 heavy (non-hydrogen) atoms. The van der Waals surface area contributed by atoms with Gasteiger partial charge in [-0.1, -0.05) is 331 Å². The van der Waals surface area contributed by atoms with Gasteiger partial charge in [-0.25, -0.2) is 0 Å². The number of carbonyl (C=O) groups excluding carboxylic acids is 3. The second kappa shape index (κ2) is 67.1. The summed E-state index contributed by atoms with van der Waals surface area (Å²) in [5, 5.41) is 0. The summed E-state index contributed by atoms with van der Waals surface area (Å²) in [6.45, 7) is 6.57. The lowest BCUT2D eigenvalue weighted by Gasteiger charge is -2.18. The molecule has 0 rings (SSSR count). The Kier molecular flexibility index (Phi) is 64.2. The van der Waals surface area contributed by atoms with Crippen LogP contribution in [0.15, 0.2) is 85.1 Å². The van der Waals surface area contributed by atoms with Crippen LogP contribution < -0.4 is 0 Å². The molecule has 0 aliphatic rings. The van der Waals surface area contributed by atoms with Gasteiger partial charge >= 0.3 is 17.9 Å². The smallest absolute Gasteiger partial charge is 0.306 e. The van der Waals surface area contributed by atoms with Crippen molar-refractivity contribution in [2.24, 2.45) is 0 Å². The van der Waals surface area contributed by atoms with E-state index in [1.54, 1.807) is 0 Å². The van der Waals surface area contributed by atoms with Crippen molar-refractivity contribution in [2.75, 3.05) is 13.2 Å². The third-order valence-corrected chi connectivity index (χ3v) is 14.9. The summed E-state index contributed by atoms with van der Waals surface area (Å²) in [6, 6.07) is 0. The van der Waals surface area contributed by atoms with Crippen LogP contribution >= 0.6 is 0 Å². The standard InChI is InChI=1S/C73H128O6/c1-4-7-10-13-16-19-22-25-27-29-30-31-32-33-34-35-36-37-38-39-40-41-42-43-44-45-47-48-51-54-57-60-63-66-72(75)78-69-70(68-77-71(74)65-62-59-56-53-50-24-21-18-15-12-9-6-3)79-73(76)67-64-61-58-55-52-49-46-28-26-23-20-17-14-11-8-5-2/h7,10,16,19,25,27,30-31,33-34,36-37,39-40,70H,4-6,8-9,11-15,17-18,20-24,26,28-29,32,35,38,41-69H2,1-3H3/b10-7-,19-16-,27-25-,31-30-,34-33-,37-36-,40-39-. The maximum absolute atomic E-state index is 12.9. The molecule has 6 nitrogen and oxygen atoms in total. The summed E-state index contributed by atoms with van der Waals surface area (Å²) >= 11 is 0. The summed E-state index contributed by atoms with van der Waals surface area (Å²) in [4.78, 5) is 38.3. The van der Waals surface area contributed by atoms with Crippen LogP contribution in [0.1, 0.15) is 342 Å². The van der Waals surface area contributed by atoms with Gasteiger partial charge in [-0.2, -0.15) is 0 Å². The first-order chi connectivity index (χ1) is 39.0. The van der Waals surface area contributed by atoms with Crippen LogP contribution in [0.3, 0.4) is 0 Å². The fourth-order valence-corrected chi connectivity index (χ4v) is 9.84. The maximum Gasteiger partial charge on any atom is 0.306 e. The largest absolute Gasteiger partial charge is 0.462 e. The topological polar surface area (TPSA) is 78.9 Å². The molecule has 456 valence electrons. The Morgan fingerprint density at radius 3 is 0.772 bits per heavy atom. The van der Waals surface area contributed by atoms with Crippen molar-refractivity contribution in [3.8, 4) is 0 Å². The molecule has 0 radical (unpaired) electrons. The Labute approximate surface area is 490 Å². The van der Waals surface area contributed by atoms with E-state index in [1.807, 2.05) is 0 Å². The normalized spacial score (nSPS) is 12.6. The van der Waals surface area contributed by atoms with E-state index in [4.69, 9.17) is 14.2 Å². The summed E-state index contributed by atoms with van der Waals surface area (Å²) in [6.07, 6.45) is 88.9. The van der Waals surface area contributed by atoms with Crippen molar-refractivity contribution < 1.29 is 28.6 Å². The molecule has 0 saturated heterocycles. The van der Waals surface area contributed by atoms with Crippen LogP contribution in [0.4, 0.5) is 0 Å². The Balaban J connectivity index is 4.18. The van der Waals surface area contributed by atoms with Crippen LogP contribution in [-0.2, 0) is 28.6 Å². The number of ether oxygens (including phenoxy) is 3. The molecule has 0 amide bonds. The molecule has 0 saturated carbocycles. The minimum Gasteiger partial charge on any atom is -0.462 e. The lowest BCUT2D eigenvalue weighted by molar-refractivity contribution is -0.167. The van der Waals surface area contributed by atoms with Gasteiger partial charge in [-0.3, -0.25) is 14.4 Å². The zero-order valence-corrected chi connectivity index (χ0v) is 52.4. The molecule has 0 N–H and O–H groups in total. The monoisotopic (exact) mass is 1100 g/mol. The molecule has 0 aromatic rings. The maximum atomic E-state index is 12.9. The van der Waals surface area contributed by atoms with E-state index in [0.717, 1.165) is 103 Å². The number of unbranched alkanes of at least 4 members (excludes halogenated alkanes) is 37. The minimum absolute atomic E-state index is 0.0707. The fourth-order valence-electron chi connectivity index (χ4n) is 9.84. The van der Waals surface area contributed by atoms with E-state index in [9.17, 15) is 14.4 Å². The highest BCUT2D eigenvalue weighted by atomic mass is 16.6. The van der Waals surface area contributed by atoms with Crippen molar-refractivity contribution >= 4 is 17.9 Å². The van der Waals surface area contributed by atoms with E-state index in [2.05, 4.69) is 106 Å². The van der Waals surface area contributed by atoms with Gasteiger partial charge in [0, 0.05) is 19.3 Å². The van der Waals surface area contributed by atoms with E-state index >= 15 is 0 Å². The van der Waals surface area contributed by atoms with Crippen LogP contribution in [0.25, 0.3) is 0 Å². The van der Waals surface area contributed by atoms with Crippen LogP contribution in [0.5, 0.6) is 0 Å². The lowest BCUT2D eigenvalue weighted by Crippen LogP contribution is -2.30. The molecular weight excluding hydrogens is 973 g/mol. The van der Waals surface area contributed by atoms with Gasteiger partial charge in [0.25, 0.3) is 0 Å². The molecule has 0 heterocycles. The highest BCUT2D eigenvalue weighted by molar-refractivity contribution is 5.71. The zero-order valence-electron chi connectivity index (χ0n) is 52.4. The number of hydrogen-bond acceptors (Lipinski definition) is 6. The summed E-state index contributed by atoms with van der Waals surface area (Å²) in [5.74, 6) is -0.855. The molecular formula is C73H128O6. The average Bonchev–Trinajstić information content (AvgIpc) is 3.45. The zero-order chi connectivity index (χ0) is 57.1. The average molecular weight is 1100 g/mol. The van der Waals surface area contributed by atoms with Crippen LogP contribution in [0.2, 0.25) is 0 Å². The van der Waals surface area contributed by atoms with E-state index in [0.29, 0.717) is 19.3 Å². The Hall–Kier alpha value is -3.41. The van der Waals surface area contributed by atoms with E-state index < -0.39 is 6.10 Å². The molecule has 0 aliphatic heterocycles. The van der Waals surface area contributed by atoms with Crippen molar-refractivity contribution in [2.45, 2.75) is 348 Å². The first-order valence-corrected chi connectivity index (χ1v) is 34.1. The Morgan fingerprint density at radius 2 is 0.494 bits per heavy atom. The number of rotatable bonds is 62. The molecule has 0 bridgehead atoms. The number of esters is 3. The summed E-state index contributed by atoms with van der Waals surface area (Å²) in [7, 11) is 0. The quantitative estimate of drug-likeness (QED) is 0.0261. The van der Waals surface area contributed by atoms with Crippen molar-refractivity contribution in [3.05, 3.63) is 85.1 Å². The molecule has 6 heteroatoms. The highest BCUT2D eigenvalue weighted by Crippen LogP contribution is 2.17. The summed E-state index contributed by atoms with van der Waals surface area (Å²) < 4.78 is 16.9. The predicted octanol–water partition coefficient (Wildman–Crippen LogP) is 23.4. The summed E-state index contributed by atoms with van der Waals surface area (Å²) in [5.41, 5.74) is 0. The van der Waals surface area contributed by atoms with Crippen LogP contribution in [-0.4, -0.2) is 37.2 Å². The van der Waals surface area contributed by atoms with Crippen molar-refractivity contribution in [1.29, 1.82) is 0 Å². The fraction of sp³-hybridized carbons (Fsp3) is 0.767. The second-order valence-electron chi connectivity index (χ2n) is 22.7. The van der Waals surface area contributed by atoms with Gasteiger partial charge in [-0.15, -0.1) is 0 Å². The first kappa shape index (κ1) is 75.6. The van der Waals surface area contributed by atoms with Gasteiger partial charge in [0.15, 0.2) is 6.10 Å². The first-order valence-electron chi connectivity index (χ1n) is 34.1. The number of hydrogen-bond donors (Lipinski definition) is 0. The van der Waals surface area contributed by atoms with Gasteiger partial charge in [-0.05, 0) is 77.0 Å².